The summed E-state index contributed by atoms with van der Waals surface area (Å²) in [4.78, 5) is 22.1. The Balaban J connectivity index is 3.68. The summed E-state index contributed by atoms with van der Waals surface area (Å²) >= 11 is 0. The Morgan fingerprint density at radius 2 is 1.00 bits per heavy atom. The number of carbonyl (C=O) groups is 1. The highest BCUT2D eigenvalue weighted by Gasteiger charge is 2.24. The molecule has 258 valence electrons. The van der Waals surface area contributed by atoms with Crippen molar-refractivity contribution in [3.63, 3.8) is 0 Å². The fraction of sp³-hybridized carbons (Fsp3) is 0.667. The minimum atomic E-state index is -1.51. The Bertz CT molecular complexity index is 810. The minimum Gasteiger partial charge on any atom is -0.454 e. The SMILES string of the molecule is CCCCC=CC=CC=CCCCCCCCCOOC(O)C(CO)OC(=O)CCCCCCCC=CC=CC=CCCCC. The summed E-state index contributed by atoms with van der Waals surface area (Å²) < 4.78 is 5.19. The molecule has 2 atom stereocenters. The van der Waals surface area contributed by atoms with Crippen LogP contribution >= 0.6 is 0 Å². The van der Waals surface area contributed by atoms with Crippen molar-refractivity contribution < 1.29 is 29.5 Å². The molecule has 6 heteroatoms. The second-order valence-electron chi connectivity index (χ2n) is 11.5. The molecular formula is C39H66O6. The molecule has 6 nitrogen and oxygen atoms in total. The zero-order chi connectivity index (χ0) is 32.9. The summed E-state index contributed by atoms with van der Waals surface area (Å²) in [6.07, 6.45) is 44.1. The van der Waals surface area contributed by atoms with Crippen LogP contribution in [0.1, 0.15) is 142 Å². The van der Waals surface area contributed by atoms with Gasteiger partial charge in [-0.15, -0.1) is 0 Å². The quantitative estimate of drug-likeness (QED) is 0.0192. The van der Waals surface area contributed by atoms with Gasteiger partial charge in [-0.25, -0.2) is 9.78 Å². The molecule has 0 rings (SSSR count). The first kappa shape index (κ1) is 42.8. The van der Waals surface area contributed by atoms with Crippen molar-refractivity contribution in [2.75, 3.05) is 13.2 Å². The predicted molar refractivity (Wildman–Crippen MR) is 189 cm³/mol. The monoisotopic (exact) mass is 630 g/mol. The number of esters is 1. The summed E-state index contributed by atoms with van der Waals surface area (Å²) in [5.74, 6) is -0.447. The van der Waals surface area contributed by atoms with Crippen LogP contribution in [0.3, 0.4) is 0 Å². The van der Waals surface area contributed by atoms with Crippen LogP contribution in [0.2, 0.25) is 0 Å². The fourth-order valence-corrected chi connectivity index (χ4v) is 4.39. The van der Waals surface area contributed by atoms with E-state index >= 15 is 0 Å². The van der Waals surface area contributed by atoms with Crippen LogP contribution in [0.25, 0.3) is 0 Å². The maximum Gasteiger partial charge on any atom is 0.306 e. The minimum absolute atomic E-state index is 0.255. The molecule has 0 spiro atoms. The van der Waals surface area contributed by atoms with Crippen LogP contribution in [0.4, 0.5) is 0 Å². The Morgan fingerprint density at radius 1 is 0.578 bits per heavy atom. The van der Waals surface area contributed by atoms with E-state index in [2.05, 4.69) is 86.8 Å². The second-order valence-corrected chi connectivity index (χ2v) is 11.5. The van der Waals surface area contributed by atoms with E-state index in [9.17, 15) is 15.0 Å². The molecule has 0 aromatic carbocycles. The summed E-state index contributed by atoms with van der Waals surface area (Å²) in [5.41, 5.74) is 0. The molecule has 0 fully saturated rings. The maximum atomic E-state index is 12.1. The highest BCUT2D eigenvalue weighted by Crippen LogP contribution is 2.11. The van der Waals surface area contributed by atoms with Gasteiger partial charge in [0.15, 0.2) is 6.10 Å². The van der Waals surface area contributed by atoms with Crippen molar-refractivity contribution in [3.8, 4) is 0 Å². The molecule has 0 aliphatic heterocycles. The van der Waals surface area contributed by atoms with E-state index in [1.54, 1.807) is 0 Å². The average Bonchev–Trinajstić information content (AvgIpc) is 3.04. The van der Waals surface area contributed by atoms with Crippen LogP contribution in [0.5, 0.6) is 0 Å². The number of unbranched alkanes of at least 4 members (excludes halogenated alkanes) is 15. The van der Waals surface area contributed by atoms with Gasteiger partial charge < -0.3 is 14.9 Å². The van der Waals surface area contributed by atoms with Gasteiger partial charge >= 0.3 is 5.97 Å². The van der Waals surface area contributed by atoms with Crippen molar-refractivity contribution in [1.82, 2.24) is 0 Å². The van der Waals surface area contributed by atoms with Gasteiger partial charge in [-0.3, -0.25) is 4.79 Å². The van der Waals surface area contributed by atoms with Gasteiger partial charge in [0, 0.05) is 6.42 Å². The summed E-state index contributed by atoms with van der Waals surface area (Å²) in [6.45, 7) is 4.22. The second kappa shape index (κ2) is 36.2. The lowest BCUT2D eigenvalue weighted by Gasteiger charge is -2.20. The lowest BCUT2D eigenvalue weighted by atomic mass is 10.1. The number of allylic oxidation sites excluding steroid dienone is 12. The Labute approximate surface area is 275 Å². The Hall–Kier alpha value is -2.25. The zero-order valence-electron chi connectivity index (χ0n) is 28.7. The molecule has 0 radical (unpaired) electrons. The molecule has 2 N–H and O–H groups in total. The van der Waals surface area contributed by atoms with Crippen LogP contribution in [-0.2, 0) is 19.3 Å². The first-order chi connectivity index (χ1) is 22.2. The molecule has 0 heterocycles. The van der Waals surface area contributed by atoms with Crippen LogP contribution in [-0.4, -0.2) is 41.8 Å². The highest BCUT2D eigenvalue weighted by molar-refractivity contribution is 5.69. The number of rotatable bonds is 32. The van der Waals surface area contributed by atoms with E-state index in [4.69, 9.17) is 14.5 Å². The van der Waals surface area contributed by atoms with Gasteiger partial charge in [-0.05, 0) is 51.4 Å². The highest BCUT2D eigenvalue weighted by atomic mass is 17.2. The van der Waals surface area contributed by atoms with Crippen LogP contribution in [0, 0.1) is 0 Å². The van der Waals surface area contributed by atoms with Crippen molar-refractivity contribution in [3.05, 3.63) is 72.9 Å². The first-order valence-electron chi connectivity index (χ1n) is 17.9. The van der Waals surface area contributed by atoms with Gasteiger partial charge in [-0.1, -0.05) is 157 Å². The molecular weight excluding hydrogens is 564 g/mol. The molecule has 0 saturated carbocycles. The normalized spacial score (nSPS) is 14.0. The van der Waals surface area contributed by atoms with Crippen LogP contribution < -0.4 is 0 Å². The predicted octanol–water partition coefficient (Wildman–Crippen LogP) is 10.3. The number of hydrogen-bond donors (Lipinski definition) is 2. The van der Waals surface area contributed by atoms with Gasteiger partial charge in [0.25, 0.3) is 0 Å². The van der Waals surface area contributed by atoms with Gasteiger partial charge in [0.05, 0.1) is 13.2 Å². The Morgan fingerprint density at radius 3 is 1.47 bits per heavy atom. The number of carbonyl (C=O) groups excluding carboxylic acids is 1. The van der Waals surface area contributed by atoms with E-state index in [1.807, 2.05) is 0 Å². The lowest BCUT2D eigenvalue weighted by Crippen LogP contribution is -2.36. The van der Waals surface area contributed by atoms with Gasteiger partial charge in [0.1, 0.15) is 0 Å². The summed E-state index contributed by atoms with van der Waals surface area (Å²) in [6, 6.07) is 0. The summed E-state index contributed by atoms with van der Waals surface area (Å²) in [5, 5.41) is 19.6. The van der Waals surface area contributed by atoms with Crippen LogP contribution in [0.15, 0.2) is 72.9 Å². The number of aliphatic hydroxyl groups is 2. The molecule has 2 unspecified atom stereocenters. The third kappa shape index (κ3) is 32.9. The molecule has 0 bridgehead atoms. The molecule has 0 aromatic rings. The largest absolute Gasteiger partial charge is 0.454 e. The average molecular weight is 631 g/mol. The molecule has 0 aliphatic rings. The van der Waals surface area contributed by atoms with Crippen molar-refractivity contribution in [2.45, 2.75) is 155 Å². The molecule has 0 aliphatic carbocycles. The van der Waals surface area contributed by atoms with E-state index in [1.165, 1.54) is 44.9 Å². The number of ether oxygens (including phenoxy) is 1. The number of hydrogen-bond acceptors (Lipinski definition) is 6. The van der Waals surface area contributed by atoms with E-state index in [0.29, 0.717) is 6.61 Å². The Kier molecular flexibility index (Phi) is 34.4. The van der Waals surface area contributed by atoms with Gasteiger partial charge in [-0.2, -0.15) is 0 Å². The third-order valence-electron chi connectivity index (χ3n) is 7.21. The van der Waals surface area contributed by atoms with Crippen molar-refractivity contribution >= 4 is 5.97 Å². The molecule has 0 aromatic heterocycles. The maximum absolute atomic E-state index is 12.1. The molecule has 0 amide bonds. The summed E-state index contributed by atoms with van der Waals surface area (Å²) in [7, 11) is 0. The lowest BCUT2D eigenvalue weighted by molar-refractivity contribution is -0.387. The fourth-order valence-electron chi connectivity index (χ4n) is 4.39. The smallest absolute Gasteiger partial charge is 0.306 e. The first-order valence-corrected chi connectivity index (χ1v) is 17.9. The topological polar surface area (TPSA) is 85.2 Å². The van der Waals surface area contributed by atoms with Gasteiger partial charge in [0.2, 0.25) is 6.29 Å². The standard InChI is InChI=1S/C39H66O6/c1-3-5-7-9-11-13-15-17-19-21-23-25-27-29-31-33-35-43-45-39(42)37(36-40)44-38(41)34-32-30-28-26-24-22-20-18-16-14-12-10-8-6-4-2/h9-20,37,39-40,42H,3-8,21-36H2,1-2H3. The third-order valence-corrected chi connectivity index (χ3v) is 7.21. The van der Waals surface area contributed by atoms with Crippen molar-refractivity contribution in [2.24, 2.45) is 0 Å². The van der Waals surface area contributed by atoms with E-state index in [0.717, 1.165) is 77.0 Å². The number of aliphatic hydroxyl groups excluding tert-OH is 2. The van der Waals surface area contributed by atoms with E-state index in [-0.39, 0.29) is 6.42 Å². The zero-order valence-corrected chi connectivity index (χ0v) is 28.7. The molecule has 0 saturated heterocycles. The van der Waals surface area contributed by atoms with E-state index < -0.39 is 25.0 Å². The molecule has 45 heavy (non-hydrogen) atoms. The van der Waals surface area contributed by atoms with Crippen molar-refractivity contribution in [1.29, 1.82) is 0 Å².